The van der Waals surface area contributed by atoms with E-state index in [1.165, 1.54) is 18.2 Å². The van der Waals surface area contributed by atoms with Crippen molar-refractivity contribution in [3.8, 4) is 5.75 Å². The van der Waals surface area contributed by atoms with Crippen LogP contribution in [0.1, 0.15) is 11.1 Å². The zero-order chi connectivity index (χ0) is 22.5. The van der Waals surface area contributed by atoms with E-state index in [2.05, 4.69) is 10.1 Å². The lowest BCUT2D eigenvalue weighted by molar-refractivity contribution is -0.576. The van der Waals surface area contributed by atoms with Gasteiger partial charge in [0.1, 0.15) is 5.75 Å². The maximum absolute atomic E-state index is 12.3. The number of aliphatic hydroxyl groups excluding tert-OH is 1. The average Bonchev–Trinajstić information content (AvgIpc) is 2.71. The van der Waals surface area contributed by atoms with Crippen LogP contribution in [-0.4, -0.2) is 16.7 Å². The summed E-state index contributed by atoms with van der Waals surface area (Å²) in [6.07, 6.45) is 3.54. The first-order chi connectivity index (χ1) is 14.7. The topological polar surface area (TPSA) is 45.4 Å². The fourth-order valence-corrected chi connectivity index (χ4v) is 3.39. The minimum absolute atomic E-state index is 0.0222. The first-order valence-corrected chi connectivity index (χ1v) is 10.1. The van der Waals surface area contributed by atoms with Crippen molar-refractivity contribution in [2.75, 3.05) is 5.32 Å². The van der Waals surface area contributed by atoms with E-state index in [-0.39, 0.29) is 21.5 Å². The number of ether oxygens (including phenoxy) is 1. The molecule has 9 heteroatoms. The van der Waals surface area contributed by atoms with Gasteiger partial charge in [-0.1, -0.05) is 35.4 Å². The van der Waals surface area contributed by atoms with E-state index in [0.29, 0.717) is 22.0 Å². The Morgan fingerprint density at radius 1 is 1.10 bits per heavy atom. The molecule has 0 atom stereocenters. The number of anilines is 1. The van der Waals surface area contributed by atoms with E-state index in [1.54, 1.807) is 41.2 Å². The molecule has 3 rings (SSSR count). The molecule has 0 aliphatic rings. The van der Waals surface area contributed by atoms with Crippen LogP contribution in [0.2, 0.25) is 10.0 Å². The summed E-state index contributed by atoms with van der Waals surface area (Å²) in [6, 6.07) is 14.3. The largest absolute Gasteiger partial charge is 0.502 e. The number of nitrogens with zero attached hydrogens (tertiary/aromatic N) is 1. The van der Waals surface area contributed by atoms with Crippen LogP contribution >= 0.6 is 35.4 Å². The van der Waals surface area contributed by atoms with Crippen LogP contribution in [0.25, 0.3) is 11.5 Å². The quantitative estimate of drug-likeness (QED) is 0.182. The monoisotopic (exact) mass is 481 g/mol. The highest BCUT2D eigenvalue weighted by molar-refractivity contribution is 7.81. The number of alkyl halides is 2. The lowest BCUT2D eigenvalue weighted by Crippen LogP contribution is -2.38. The number of aliphatic hydroxyl groups is 1. The first-order valence-electron chi connectivity index (χ1n) is 8.98. The summed E-state index contributed by atoms with van der Waals surface area (Å²) >= 11 is 17.7. The predicted molar refractivity (Wildman–Crippen MR) is 123 cm³/mol. The highest BCUT2D eigenvalue weighted by atomic mass is 35.5. The number of hydrogen-bond donors (Lipinski definition) is 2. The number of thiocarbonyl (C=S) groups is 1. The third kappa shape index (κ3) is 5.91. The Morgan fingerprint density at radius 2 is 1.81 bits per heavy atom. The van der Waals surface area contributed by atoms with Gasteiger partial charge in [-0.15, -0.1) is 0 Å². The highest BCUT2D eigenvalue weighted by Crippen LogP contribution is 2.27. The van der Waals surface area contributed by atoms with Crippen molar-refractivity contribution < 1.29 is 23.2 Å². The molecule has 0 spiro atoms. The van der Waals surface area contributed by atoms with Crippen LogP contribution in [0.3, 0.4) is 0 Å². The van der Waals surface area contributed by atoms with Gasteiger partial charge in [-0.2, -0.15) is 13.3 Å². The number of nitrogens with one attached hydrogen (secondary N) is 1. The number of rotatable bonds is 6. The van der Waals surface area contributed by atoms with Gasteiger partial charge in [-0.05, 0) is 55.5 Å². The van der Waals surface area contributed by atoms with E-state index < -0.39 is 6.61 Å². The lowest BCUT2D eigenvalue weighted by Gasteiger charge is -2.11. The molecule has 0 aliphatic carbocycles. The Morgan fingerprint density at radius 3 is 2.42 bits per heavy atom. The number of halogens is 4. The van der Waals surface area contributed by atoms with Crippen LogP contribution in [-0.2, 0) is 0 Å². The molecule has 1 aromatic heterocycles. The SMILES string of the molecule is Cc1ccc[n+](/C(C(=S)Nc2ccc(OC(F)F)cc2)=C(\O)c2ccc(Cl)c(Cl)c2)c1. The zero-order valence-corrected chi connectivity index (χ0v) is 18.5. The molecule has 31 heavy (non-hydrogen) atoms. The Hall–Kier alpha value is -2.74. The summed E-state index contributed by atoms with van der Waals surface area (Å²) in [6.45, 7) is -1.00. The molecule has 0 radical (unpaired) electrons. The van der Waals surface area contributed by atoms with Crippen molar-refractivity contribution in [1.29, 1.82) is 0 Å². The van der Waals surface area contributed by atoms with Crippen molar-refractivity contribution in [3.05, 3.63) is 88.2 Å². The Labute approximate surface area is 193 Å². The number of benzene rings is 2. The number of aryl methyl sites for hydroxylation is 1. The summed E-state index contributed by atoms with van der Waals surface area (Å²) < 4.78 is 30.7. The second-order valence-electron chi connectivity index (χ2n) is 6.47. The van der Waals surface area contributed by atoms with Crippen LogP contribution in [0.4, 0.5) is 14.5 Å². The fraction of sp³-hybridized carbons (Fsp3) is 0.0909. The van der Waals surface area contributed by atoms with Crippen molar-refractivity contribution >= 4 is 57.6 Å². The molecular weight excluding hydrogens is 465 g/mol. The predicted octanol–water partition coefficient (Wildman–Crippen LogP) is 6.51. The molecule has 2 N–H and O–H groups in total. The molecule has 0 unspecified atom stereocenters. The number of aromatic nitrogens is 1. The molecule has 1 heterocycles. The second kappa shape index (κ2) is 10.0. The van der Waals surface area contributed by atoms with Crippen LogP contribution in [0.15, 0.2) is 67.0 Å². The van der Waals surface area contributed by atoms with Gasteiger partial charge in [0.25, 0.3) is 5.70 Å². The molecule has 4 nitrogen and oxygen atoms in total. The lowest BCUT2D eigenvalue weighted by atomic mass is 10.1. The Bertz CT molecular complexity index is 1140. The minimum Gasteiger partial charge on any atom is -0.502 e. The third-order valence-electron chi connectivity index (χ3n) is 4.18. The van der Waals surface area contributed by atoms with Gasteiger partial charge in [0.15, 0.2) is 23.1 Å². The number of pyridine rings is 1. The van der Waals surface area contributed by atoms with Crippen molar-refractivity contribution in [3.63, 3.8) is 0 Å². The van der Waals surface area contributed by atoms with E-state index in [4.69, 9.17) is 35.4 Å². The fourth-order valence-electron chi connectivity index (χ4n) is 2.77. The molecule has 0 amide bonds. The van der Waals surface area contributed by atoms with Crippen molar-refractivity contribution in [1.82, 2.24) is 0 Å². The Balaban J connectivity index is 2.00. The smallest absolute Gasteiger partial charge is 0.387 e. The molecular formula is C22H17Cl2F2N2O2S+. The van der Waals surface area contributed by atoms with Gasteiger partial charge in [0.05, 0.1) is 10.0 Å². The summed E-state index contributed by atoms with van der Waals surface area (Å²) in [5.74, 6) is -0.0988. The summed E-state index contributed by atoms with van der Waals surface area (Å²) in [4.78, 5) is 0.196. The first kappa shape index (κ1) is 22.9. The molecule has 160 valence electrons. The molecule has 3 aromatic rings. The summed E-state index contributed by atoms with van der Waals surface area (Å²) in [7, 11) is 0. The van der Waals surface area contributed by atoms with E-state index >= 15 is 0 Å². The zero-order valence-electron chi connectivity index (χ0n) is 16.2. The number of hydrogen-bond acceptors (Lipinski definition) is 3. The van der Waals surface area contributed by atoms with Gasteiger partial charge < -0.3 is 15.2 Å². The van der Waals surface area contributed by atoms with Gasteiger partial charge >= 0.3 is 6.61 Å². The molecule has 0 bridgehead atoms. The van der Waals surface area contributed by atoms with Gasteiger partial charge in [-0.25, -0.2) is 0 Å². The van der Waals surface area contributed by atoms with Crippen LogP contribution in [0.5, 0.6) is 5.75 Å². The minimum atomic E-state index is -2.91. The Kier molecular flexibility index (Phi) is 7.43. The molecule has 0 aliphatic heterocycles. The van der Waals surface area contributed by atoms with Crippen molar-refractivity contribution in [2.45, 2.75) is 13.5 Å². The third-order valence-corrected chi connectivity index (χ3v) is 5.21. The van der Waals surface area contributed by atoms with Crippen LogP contribution in [0, 0.1) is 6.92 Å². The second-order valence-corrected chi connectivity index (χ2v) is 7.69. The normalized spacial score (nSPS) is 11.8. The maximum atomic E-state index is 12.3. The molecule has 0 fully saturated rings. The average molecular weight is 482 g/mol. The van der Waals surface area contributed by atoms with Gasteiger partial charge in [-0.3, -0.25) is 0 Å². The van der Waals surface area contributed by atoms with Crippen molar-refractivity contribution in [2.24, 2.45) is 0 Å². The standard InChI is InChI=1S/C22H16Cl2F2N2O2S/c1-13-3-2-10-28(12-13)19(20(29)14-4-9-17(23)18(24)11-14)21(31)27-15-5-7-16(8-6-15)30-22(25)26/h2-12,22H,1H3,(H-,27,29,31)/p+1. The van der Waals surface area contributed by atoms with E-state index in [9.17, 15) is 13.9 Å². The van der Waals surface area contributed by atoms with Gasteiger partial charge in [0.2, 0.25) is 0 Å². The van der Waals surface area contributed by atoms with E-state index in [0.717, 1.165) is 5.56 Å². The molecule has 2 aromatic carbocycles. The summed E-state index contributed by atoms with van der Waals surface area (Å²) in [5, 5.41) is 14.7. The van der Waals surface area contributed by atoms with Gasteiger partial charge in [0, 0.05) is 22.9 Å². The highest BCUT2D eigenvalue weighted by Gasteiger charge is 2.24. The van der Waals surface area contributed by atoms with E-state index in [1.807, 2.05) is 19.1 Å². The summed E-state index contributed by atoms with van der Waals surface area (Å²) in [5.41, 5.74) is 2.19. The molecule has 0 saturated carbocycles. The van der Waals surface area contributed by atoms with Crippen LogP contribution < -0.4 is 14.6 Å². The maximum Gasteiger partial charge on any atom is 0.387 e. The molecule has 0 saturated heterocycles.